The van der Waals surface area contributed by atoms with Crippen LogP contribution in [0.2, 0.25) is 0 Å². The van der Waals surface area contributed by atoms with E-state index in [1.54, 1.807) is 11.3 Å². The predicted molar refractivity (Wildman–Crippen MR) is 98.4 cm³/mol. The van der Waals surface area contributed by atoms with Gasteiger partial charge in [0, 0.05) is 4.88 Å². The maximum atomic E-state index is 11.8. The van der Waals surface area contributed by atoms with Crippen LogP contribution in [-0.2, 0) is 4.79 Å². The first-order valence-electron chi connectivity index (χ1n) is 8.27. The number of thiophene rings is 1. The van der Waals surface area contributed by atoms with Gasteiger partial charge in [-0.05, 0) is 65.1 Å². The molecule has 0 spiro atoms. The highest BCUT2D eigenvalue weighted by atomic mass is 79.9. The smallest absolute Gasteiger partial charge is 0.320 e. The summed E-state index contributed by atoms with van der Waals surface area (Å²) < 4.78 is 12.0. The Balaban J connectivity index is 1.77. The first-order chi connectivity index (χ1) is 12.1. The lowest BCUT2D eigenvalue weighted by molar-refractivity contribution is -0.145. The summed E-state index contributed by atoms with van der Waals surface area (Å²) >= 11 is 5.17. The number of halogens is 1. The fourth-order valence-corrected chi connectivity index (χ4v) is 5.18. The maximum Gasteiger partial charge on any atom is 0.320 e. The minimum absolute atomic E-state index is 0.104. The van der Waals surface area contributed by atoms with Gasteiger partial charge in [0.25, 0.3) is 0 Å². The third-order valence-corrected chi connectivity index (χ3v) is 6.41. The van der Waals surface area contributed by atoms with Crippen molar-refractivity contribution in [1.82, 2.24) is 4.90 Å². The van der Waals surface area contributed by atoms with Gasteiger partial charge >= 0.3 is 5.97 Å². The van der Waals surface area contributed by atoms with Crippen LogP contribution < -0.4 is 9.47 Å². The van der Waals surface area contributed by atoms with Crippen LogP contribution in [0, 0.1) is 0 Å². The number of rotatable bonds is 4. The van der Waals surface area contributed by atoms with Gasteiger partial charge in [0.1, 0.15) is 6.04 Å². The van der Waals surface area contributed by atoms with Gasteiger partial charge in [-0.1, -0.05) is 12.5 Å². The highest BCUT2D eigenvalue weighted by Gasteiger charge is 2.36. The first kappa shape index (κ1) is 16.9. The van der Waals surface area contributed by atoms with E-state index in [9.17, 15) is 9.90 Å². The molecule has 4 rings (SSSR count). The number of carboxylic acids is 1. The second-order valence-electron chi connectivity index (χ2n) is 6.24. The second kappa shape index (κ2) is 6.97. The summed E-state index contributed by atoms with van der Waals surface area (Å²) in [5, 5.41) is 9.72. The van der Waals surface area contributed by atoms with Crippen LogP contribution in [0.25, 0.3) is 0 Å². The minimum Gasteiger partial charge on any atom is -0.480 e. The quantitative estimate of drug-likeness (QED) is 0.795. The SMILES string of the molecule is O=C(O)C1CCCCN1C(c1ccc2c(c1)OCO2)c1ccc(Br)s1. The summed E-state index contributed by atoms with van der Waals surface area (Å²) in [5.41, 5.74) is 1.03. The lowest BCUT2D eigenvalue weighted by Gasteiger charge is -2.39. The van der Waals surface area contributed by atoms with Gasteiger partial charge in [-0.2, -0.15) is 0 Å². The normalized spacial score (nSPS) is 21.2. The summed E-state index contributed by atoms with van der Waals surface area (Å²) in [6.45, 7) is 1.00. The monoisotopic (exact) mass is 423 g/mol. The average molecular weight is 424 g/mol. The minimum atomic E-state index is -0.749. The molecule has 0 aliphatic carbocycles. The molecular formula is C18H18BrNO4S. The maximum absolute atomic E-state index is 11.8. The molecule has 1 fully saturated rings. The van der Waals surface area contributed by atoms with E-state index in [0.717, 1.165) is 45.1 Å². The van der Waals surface area contributed by atoms with Crippen molar-refractivity contribution >= 4 is 33.2 Å². The molecule has 3 heterocycles. The lowest BCUT2D eigenvalue weighted by atomic mass is 9.95. The van der Waals surface area contributed by atoms with Crippen LogP contribution in [0.1, 0.15) is 35.7 Å². The zero-order valence-electron chi connectivity index (χ0n) is 13.5. The third-order valence-electron chi connectivity index (χ3n) is 4.74. The third kappa shape index (κ3) is 3.28. The Hall–Kier alpha value is -1.57. The number of carbonyl (C=O) groups is 1. The van der Waals surface area contributed by atoms with Crippen molar-refractivity contribution in [2.45, 2.75) is 31.3 Å². The Labute approximate surface area is 158 Å². The van der Waals surface area contributed by atoms with Crippen molar-refractivity contribution in [2.24, 2.45) is 0 Å². The van der Waals surface area contributed by atoms with Gasteiger partial charge in [-0.15, -0.1) is 11.3 Å². The largest absolute Gasteiger partial charge is 0.480 e. The number of aliphatic carboxylic acids is 1. The van der Waals surface area contributed by atoms with Gasteiger partial charge in [0.2, 0.25) is 6.79 Å². The van der Waals surface area contributed by atoms with Crippen LogP contribution in [0.3, 0.4) is 0 Å². The molecule has 1 aromatic heterocycles. The summed E-state index contributed by atoms with van der Waals surface area (Å²) in [7, 11) is 0. The van der Waals surface area contributed by atoms with Gasteiger partial charge < -0.3 is 14.6 Å². The Morgan fingerprint density at radius 1 is 1.24 bits per heavy atom. The lowest BCUT2D eigenvalue weighted by Crippen LogP contribution is -2.46. The molecule has 2 aliphatic rings. The number of fused-ring (bicyclic) bond motifs is 1. The molecule has 5 nitrogen and oxygen atoms in total. The number of carboxylic acid groups (broad SMARTS) is 1. The number of hydrogen-bond donors (Lipinski definition) is 1. The first-order valence-corrected chi connectivity index (χ1v) is 9.88. The van der Waals surface area contributed by atoms with Crippen LogP contribution in [0.5, 0.6) is 11.5 Å². The zero-order valence-corrected chi connectivity index (χ0v) is 15.9. The average Bonchev–Trinajstić information content (AvgIpc) is 3.24. The molecule has 25 heavy (non-hydrogen) atoms. The van der Waals surface area contributed by atoms with Crippen molar-refractivity contribution in [3.63, 3.8) is 0 Å². The number of nitrogens with zero attached hydrogens (tertiary/aromatic N) is 1. The highest BCUT2D eigenvalue weighted by molar-refractivity contribution is 9.11. The molecule has 1 N–H and O–H groups in total. The van der Waals surface area contributed by atoms with E-state index in [1.165, 1.54) is 0 Å². The van der Waals surface area contributed by atoms with E-state index in [4.69, 9.17) is 9.47 Å². The zero-order chi connectivity index (χ0) is 17.4. The molecule has 2 atom stereocenters. The van der Waals surface area contributed by atoms with Crippen molar-refractivity contribution in [3.8, 4) is 11.5 Å². The Bertz CT molecular complexity index is 793. The fraction of sp³-hybridized carbons (Fsp3) is 0.389. The predicted octanol–water partition coefficient (Wildman–Crippen LogP) is 4.27. The number of ether oxygens (including phenoxy) is 2. The second-order valence-corrected chi connectivity index (χ2v) is 8.74. The van der Waals surface area contributed by atoms with Crippen LogP contribution in [0.15, 0.2) is 34.1 Å². The number of likely N-dealkylation sites (tertiary alicyclic amines) is 1. The molecule has 2 unspecified atom stereocenters. The standard InChI is InChI=1S/C18H18BrNO4S/c19-16-7-6-15(25-16)17(20-8-2-1-3-12(20)18(21)22)11-4-5-13-14(9-11)24-10-23-13/h4-7,9,12,17H,1-3,8,10H2,(H,21,22). The van der Waals surface area contributed by atoms with Crippen LogP contribution >= 0.6 is 27.3 Å². The molecular weight excluding hydrogens is 406 g/mol. The fourth-order valence-electron chi connectivity index (χ4n) is 3.61. The molecule has 132 valence electrons. The molecule has 2 aliphatic heterocycles. The topological polar surface area (TPSA) is 59.0 Å². The Morgan fingerprint density at radius 3 is 2.84 bits per heavy atom. The summed E-state index contributed by atoms with van der Waals surface area (Å²) in [5.74, 6) is 0.714. The molecule has 7 heteroatoms. The van der Waals surface area contributed by atoms with E-state index in [2.05, 4.69) is 26.9 Å². The molecule has 2 aromatic rings. The van der Waals surface area contributed by atoms with Gasteiger partial charge in [-0.3, -0.25) is 9.69 Å². The van der Waals surface area contributed by atoms with E-state index < -0.39 is 12.0 Å². The van der Waals surface area contributed by atoms with Gasteiger partial charge in [-0.25, -0.2) is 0 Å². The van der Waals surface area contributed by atoms with Gasteiger partial charge in [0.15, 0.2) is 11.5 Å². The molecule has 0 radical (unpaired) electrons. The Kier molecular flexibility index (Phi) is 4.71. The Morgan fingerprint density at radius 2 is 2.08 bits per heavy atom. The molecule has 0 bridgehead atoms. The van der Waals surface area contributed by atoms with Crippen molar-refractivity contribution in [3.05, 3.63) is 44.6 Å². The number of hydrogen-bond acceptors (Lipinski definition) is 5. The van der Waals surface area contributed by atoms with Crippen LogP contribution in [-0.4, -0.2) is 35.4 Å². The van der Waals surface area contributed by atoms with Gasteiger partial charge in [0.05, 0.1) is 9.83 Å². The van der Waals surface area contributed by atoms with E-state index in [-0.39, 0.29) is 12.8 Å². The molecule has 0 amide bonds. The van der Waals surface area contributed by atoms with E-state index >= 15 is 0 Å². The highest BCUT2D eigenvalue weighted by Crippen LogP contribution is 2.42. The molecule has 0 saturated carbocycles. The summed E-state index contributed by atoms with van der Waals surface area (Å²) in [6.07, 6.45) is 2.65. The molecule has 1 aromatic carbocycles. The van der Waals surface area contributed by atoms with Crippen molar-refractivity contribution in [2.75, 3.05) is 13.3 Å². The van der Waals surface area contributed by atoms with Crippen LogP contribution in [0.4, 0.5) is 0 Å². The van der Waals surface area contributed by atoms with E-state index in [0.29, 0.717) is 6.42 Å². The number of benzene rings is 1. The summed E-state index contributed by atoms with van der Waals surface area (Å²) in [4.78, 5) is 15.1. The van der Waals surface area contributed by atoms with E-state index in [1.807, 2.05) is 24.3 Å². The number of piperidine rings is 1. The molecule has 1 saturated heterocycles. The summed E-state index contributed by atoms with van der Waals surface area (Å²) in [6, 6.07) is 9.41. The van der Waals surface area contributed by atoms with Crippen molar-refractivity contribution < 1.29 is 19.4 Å². The van der Waals surface area contributed by atoms with Crippen molar-refractivity contribution in [1.29, 1.82) is 0 Å².